The predicted molar refractivity (Wildman–Crippen MR) is 120 cm³/mol. The first-order valence-electron chi connectivity index (χ1n) is 9.95. The predicted octanol–water partition coefficient (Wildman–Crippen LogP) is 4.78. The molecule has 4 rings (SSSR count). The molecule has 1 saturated heterocycles. The van der Waals surface area contributed by atoms with Crippen molar-refractivity contribution in [3.63, 3.8) is 0 Å². The molecule has 3 heterocycles. The van der Waals surface area contributed by atoms with E-state index in [1.165, 1.54) is 16.7 Å². The number of hydrogen-bond donors (Lipinski definition) is 0. The Hall–Kier alpha value is -1.70. The summed E-state index contributed by atoms with van der Waals surface area (Å²) in [4.78, 5) is 19.8. The van der Waals surface area contributed by atoms with Crippen LogP contribution in [0.3, 0.4) is 0 Å². The molecule has 0 amide bonds. The topological polar surface area (TPSA) is 45.2 Å². The monoisotopic (exact) mass is 413 g/mol. The molecule has 1 aromatic carbocycles. The van der Waals surface area contributed by atoms with E-state index in [0.717, 1.165) is 53.3 Å². The van der Waals surface area contributed by atoms with Gasteiger partial charge >= 0.3 is 0 Å². The minimum Gasteiger partial charge on any atom is -0.338 e. The Morgan fingerprint density at radius 1 is 1.14 bits per heavy atom. The number of thioether (sulfide) groups is 1. The molecule has 7 heteroatoms. The van der Waals surface area contributed by atoms with Gasteiger partial charge in [-0.05, 0) is 43.7 Å². The number of aryl methyl sites for hydroxylation is 1. The van der Waals surface area contributed by atoms with Crippen LogP contribution in [0.4, 0.5) is 5.95 Å². The van der Waals surface area contributed by atoms with Crippen LogP contribution in [0, 0.1) is 6.92 Å². The van der Waals surface area contributed by atoms with E-state index >= 15 is 0 Å². The number of thiazole rings is 1. The molecule has 1 aliphatic rings. The van der Waals surface area contributed by atoms with Gasteiger partial charge in [-0.15, -0.1) is 23.1 Å². The van der Waals surface area contributed by atoms with Crippen LogP contribution in [-0.2, 0) is 0 Å². The fourth-order valence-electron chi connectivity index (χ4n) is 3.61. The summed E-state index contributed by atoms with van der Waals surface area (Å²) < 4.78 is 1.27. The average molecular weight is 414 g/mol. The summed E-state index contributed by atoms with van der Waals surface area (Å²) in [6, 6.07) is 7.12. The van der Waals surface area contributed by atoms with Gasteiger partial charge in [-0.2, -0.15) is 0 Å². The lowest BCUT2D eigenvalue weighted by molar-refractivity contribution is 0.198. The number of rotatable bonds is 6. The van der Waals surface area contributed by atoms with Crippen molar-refractivity contribution in [1.29, 1.82) is 0 Å². The molecule has 0 bridgehead atoms. The smallest absolute Gasteiger partial charge is 0.225 e. The van der Waals surface area contributed by atoms with E-state index in [4.69, 9.17) is 0 Å². The van der Waals surface area contributed by atoms with Gasteiger partial charge in [-0.1, -0.05) is 13.0 Å². The highest BCUT2D eigenvalue weighted by Crippen LogP contribution is 2.28. The van der Waals surface area contributed by atoms with E-state index in [-0.39, 0.29) is 0 Å². The van der Waals surface area contributed by atoms with Gasteiger partial charge in [-0.3, -0.25) is 4.90 Å². The van der Waals surface area contributed by atoms with E-state index < -0.39 is 0 Å². The highest BCUT2D eigenvalue weighted by molar-refractivity contribution is 7.99. The summed E-state index contributed by atoms with van der Waals surface area (Å²) in [7, 11) is 0. The quantitative estimate of drug-likeness (QED) is 0.542. The van der Waals surface area contributed by atoms with E-state index in [0.29, 0.717) is 6.04 Å². The largest absolute Gasteiger partial charge is 0.338 e. The van der Waals surface area contributed by atoms with Gasteiger partial charge in [0.05, 0.1) is 15.2 Å². The first-order chi connectivity index (χ1) is 13.6. The molecular formula is C21H27N5S2. The third kappa shape index (κ3) is 4.31. The molecule has 0 saturated carbocycles. The molecule has 148 valence electrons. The van der Waals surface area contributed by atoms with Crippen molar-refractivity contribution in [2.45, 2.75) is 38.1 Å². The molecule has 3 aromatic rings. The molecule has 1 unspecified atom stereocenters. The molecular weight excluding hydrogens is 386 g/mol. The molecule has 0 radical (unpaired) electrons. The van der Waals surface area contributed by atoms with Crippen LogP contribution in [0.5, 0.6) is 0 Å². The molecule has 5 nitrogen and oxygen atoms in total. The number of benzene rings is 1. The first-order valence-corrected chi connectivity index (χ1v) is 11.7. The fraction of sp³-hybridized carbons (Fsp3) is 0.476. The Kier molecular flexibility index (Phi) is 6.13. The molecule has 0 N–H and O–H groups in total. The van der Waals surface area contributed by atoms with Gasteiger partial charge in [0, 0.05) is 49.5 Å². The van der Waals surface area contributed by atoms with Crippen molar-refractivity contribution in [3.05, 3.63) is 41.2 Å². The van der Waals surface area contributed by atoms with Gasteiger partial charge in [0.1, 0.15) is 0 Å². The standard InChI is InChI=1S/C21H27N5S2/c1-4-11-27-18-13-22-21(23-14-18)26-9-7-25(8-10-26)15(2)17-5-6-20-19(12-17)24-16(3)28-20/h5-6,12-15H,4,7-11H2,1-3H3. The molecule has 0 aliphatic carbocycles. The molecule has 0 spiro atoms. The zero-order valence-corrected chi connectivity index (χ0v) is 18.4. The Labute approximate surface area is 175 Å². The number of hydrogen-bond acceptors (Lipinski definition) is 7. The summed E-state index contributed by atoms with van der Waals surface area (Å²) in [5.41, 5.74) is 2.47. The minimum atomic E-state index is 0.391. The van der Waals surface area contributed by atoms with Gasteiger partial charge in [-0.25, -0.2) is 15.0 Å². The van der Waals surface area contributed by atoms with Crippen molar-refractivity contribution in [2.24, 2.45) is 0 Å². The van der Waals surface area contributed by atoms with Crippen molar-refractivity contribution in [1.82, 2.24) is 19.9 Å². The normalized spacial score (nSPS) is 16.6. The highest BCUT2D eigenvalue weighted by atomic mass is 32.2. The molecule has 1 aliphatic heterocycles. The Morgan fingerprint density at radius 2 is 1.89 bits per heavy atom. The van der Waals surface area contributed by atoms with E-state index in [2.05, 4.69) is 63.7 Å². The van der Waals surface area contributed by atoms with Crippen LogP contribution >= 0.6 is 23.1 Å². The van der Waals surface area contributed by atoms with E-state index in [9.17, 15) is 0 Å². The summed E-state index contributed by atoms with van der Waals surface area (Å²) >= 11 is 3.59. The third-order valence-corrected chi connectivity index (χ3v) is 7.34. The lowest BCUT2D eigenvalue weighted by atomic mass is 10.1. The zero-order chi connectivity index (χ0) is 19.5. The lowest BCUT2D eigenvalue weighted by Crippen LogP contribution is -2.47. The van der Waals surface area contributed by atoms with Gasteiger partial charge in [0.2, 0.25) is 5.95 Å². The number of aromatic nitrogens is 3. The van der Waals surface area contributed by atoms with Gasteiger partial charge < -0.3 is 4.90 Å². The highest BCUT2D eigenvalue weighted by Gasteiger charge is 2.23. The lowest BCUT2D eigenvalue weighted by Gasteiger charge is -2.38. The van der Waals surface area contributed by atoms with Crippen LogP contribution in [0.15, 0.2) is 35.5 Å². The van der Waals surface area contributed by atoms with Crippen LogP contribution in [0.1, 0.15) is 36.9 Å². The Bertz CT molecular complexity index is 916. The maximum Gasteiger partial charge on any atom is 0.225 e. The van der Waals surface area contributed by atoms with E-state index in [1.807, 2.05) is 24.2 Å². The average Bonchev–Trinajstić information content (AvgIpc) is 3.11. The second-order valence-electron chi connectivity index (χ2n) is 7.23. The second kappa shape index (κ2) is 8.76. The second-order valence-corrected chi connectivity index (χ2v) is 9.63. The van der Waals surface area contributed by atoms with Crippen LogP contribution in [-0.4, -0.2) is 51.8 Å². The zero-order valence-electron chi connectivity index (χ0n) is 16.8. The maximum atomic E-state index is 4.65. The van der Waals surface area contributed by atoms with Crippen LogP contribution in [0.2, 0.25) is 0 Å². The minimum absolute atomic E-state index is 0.391. The molecule has 1 fully saturated rings. The van der Waals surface area contributed by atoms with E-state index in [1.54, 1.807) is 11.3 Å². The van der Waals surface area contributed by atoms with Crippen molar-refractivity contribution >= 4 is 39.3 Å². The summed E-state index contributed by atoms with van der Waals surface area (Å²) in [6.07, 6.45) is 5.09. The van der Waals surface area contributed by atoms with Crippen molar-refractivity contribution in [3.8, 4) is 0 Å². The summed E-state index contributed by atoms with van der Waals surface area (Å²) in [5, 5.41) is 1.13. The number of anilines is 1. The SMILES string of the molecule is CCCSc1cnc(N2CCN(C(C)c3ccc4sc(C)nc4c3)CC2)nc1. The first kappa shape index (κ1) is 19.6. The fourth-order valence-corrected chi connectivity index (χ4v) is 5.11. The van der Waals surface area contributed by atoms with Crippen molar-refractivity contribution < 1.29 is 0 Å². The third-order valence-electron chi connectivity index (χ3n) is 5.23. The molecule has 28 heavy (non-hydrogen) atoms. The van der Waals surface area contributed by atoms with Gasteiger partial charge in [0.25, 0.3) is 0 Å². The van der Waals surface area contributed by atoms with Crippen LogP contribution in [0.25, 0.3) is 10.2 Å². The van der Waals surface area contributed by atoms with Gasteiger partial charge in [0.15, 0.2) is 0 Å². The maximum absolute atomic E-state index is 4.65. The number of nitrogens with zero attached hydrogens (tertiary/aromatic N) is 5. The molecule has 2 aromatic heterocycles. The summed E-state index contributed by atoms with van der Waals surface area (Å²) in [5.74, 6) is 1.97. The Balaban J connectivity index is 1.37. The number of piperazine rings is 1. The summed E-state index contributed by atoms with van der Waals surface area (Å²) in [6.45, 7) is 10.5. The Morgan fingerprint density at radius 3 is 2.61 bits per heavy atom. The van der Waals surface area contributed by atoms with Crippen molar-refractivity contribution in [2.75, 3.05) is 36.8 Å². The number of fused-ring (bicyclic) bond motifs is 1. The molecule has 1 atom stereocenters. The van der Waals surface area contributed by atoms with Crippen LogP contribution < -0.4 is 4.90 Å².